The van der Waals surface area contributed by atoms with Gasteiger partial charge in [0.05, 0.1) is 39.9 Å². The fourth-order valence-electron chi connectivity index (χ4n) is 6.52. The Balaban J connectivity index is 4.25. The number of carbonyl (C=O) groups excluding carboxylic acids is 1. The molecule has 0 spiro atoms. The van der Waals surface area contributed by atoms with E-state index in [-0.39, 0.29) is 12.5 Å². The average Bonchev–Trinajstić information content (AvgIpc) is 3.25. The van der Waals surface area contributed by atoms with Gasteiger partial charge in [-0.15, -0.1) is 0 Å². The summed E-state index contributed by atoms with van der Waals surface area (Å²) in [5.74, 6) is -0.219. The van der Waals surface area contributed by atoms with E-state index in [9.17, 15) is 19.4 Å². The predicted octanol–water partition coefficient (Wildman–Crippen LogP) is 14.2. The van der Waals surface area contributed by atoms with E-state index in [0.717, 1.165) is 116 Å². The minimum absolute atomic E-state index is 0.0103. The van der Waals surface area contributed by atoms with Crippen LogP contribution in [0.2, 0.25) is 0 Å². The van der Waals surface area contributed by atoms with E-state index < -0.39 is 26.6 Å². The zero-order chi connectivity index (χ0) is 47.1. The summed E-state index contributed by atoms with van der Waals surface area (Å²) in [7, 11) is 1.23. The molecule has 0 rings (SSSR count). The molecule has 64 heavy (non-hydrogen) atoms. The van der Waals surface area contributed by atoms with Gasteiger partial charge in [0.15, 0.2) is 0 Å². The summed E-state index contributed by atoms with van der Waals surface area (Å²) in [6.07, 6.45) is 65.8. The third-order valence-corrected chi connectivity index (χ3v) is 11.5. The summed E-state index contributed by atoms with van der Waals surface area (Å²) < 4.78 is 23.2. The maximum absolute atomic E-state index is 12.9. The lowest BCUT2D eigenvalue weighted by molar-refractivity contribution is -0.870. The van der Waals surface area contributed by atoms with Crippen molar-refractivity contribution >= 4 is 13.7 Å². The number of phosphoric acid groups is 1. The van der Waals surface area contributed by atoms with Crippen LogP contribution in [0.3, 0.4) is 0 Å². The van der Waals surface area contributed by atoms with Crippen LogP contribution >= 0.6 is 7.82 Å². The van der Waals surface area contributed by atoms with Crippen molar-refractivity contribution < 1.29 is 32.9 Å². The summed E-state index contributed by atoms with van der Waals surface area (Å²) in [5.41, 5.74) is 0. The first-order valence-corrected chi connectivity index (χ1v) is 26.7. The molecule has 8 nitrogen and oxygen atoms in total. The molecular formula is C55H95N2O6P. The maximum Gasteiger partial charge on any atom is 0.268 e. The van der Waals surface area contributed by atoms with Crippen LogP contribution in [0.5, 0.6) is 0 Å². The molecule has 3 atom stereocenters. The number of likely N-dealkylation sites (N-methyl/N-ethyl adjacent to an activating group) is 1. The standard InChI is InChI=1S/C55H95N2O6P/c1-6-8-10-12-14-16-18-19-20-21-22-23-24-25-26-27-28-29-30-31-32-33-34-35-36-37-39-41-43-45-47-49-55(59)56-53(52-63-64(60,61)62-51-50-57(3,4)5)54(58)48-46-44-42-40-38-17-15-13-11-9-7-2/h8,10,14,16,19-20,22-23,25-26,28-29,31-32,34-35,46,48,53-54,58H,6-7,9,11-13,15,17-18,21,24,27,30,33,36-45,47,49-52H2,1-5H3,(H-,56,59,60,61)/b10-8-,16-14-,20-19-,23-22-,26-25-,29-28-,32-31-,35-34-,48-46+. The first-order valence-electron chi connectivity index (χ1n) is 25.2. The molecule has 0 saturated carbocycles. The van der Waals surface area contributed by atoms with E-state index in [2.05, 4.69) is 116 Å². The van der Waals surface area contributed by atoms with Gasteiger partial charge in [-0.05, 0) is 83.5 Å². The zero-order valence-electron chi connectivity index (χ0n) is 41.4. The molecule has 3 unspecified atom stereocenters. The number of carbonyl (C=O) groups is 1. The SMILES string of the molecule is CC/C=C\C/C=C\C/C=C\C/C=C\C/C=C\C/C=C\C/C=C\C/C=C\CCCCCCCCC(=O)NC(COP(=O)([O-])OCC[N+](C)(C)C)C(O)/C=C/CCCCCCCCCCC. The Morgan fingerprint density at radius 2 is 0.953 bits per heavy atom. The van der Waals surface area contributed by atoms with E-state index >= 15 is 0 Å². The van der Waals surface area contributed by atoms with Gasteiger partial charge < -0.3 is 28.8 Å². The van der Waals surface area contributed by atoms with Crippen LogP contribution in [-0.2, 0) is 18.4 Å². The molecule has 0 aromatic rings. The van der Waals surface area contributed by atoms with Crippen molar-refractivity contribution in [3.05, 3.63) is 109 Å². The monoisotopic (exact) mass is 911 g/mol. The van der Waals surface area contributed by atoms with Crippen molar-refractivity contribution in [3.8, 4) is 0 Å². The molecule has 1 amide bonds. The number of nitrogens with one attached hydrogen (secondary N) is 1. The smallest absolute Gasteiger partial charge is 0.268 e. The summed E-state index contributed by atoms with van der Waals surface area (Å²) in [6.45, 7) is 4.48. The number of phosphoric ester groups is 1. The summed E-state index contributed by atoms with van der Waals surface area (Å²) in [5, 5.41) is 13.8. The van der Waals surface area contributed by atoms with Crippen molar-refractivity contribution in [1.82, 2.24) is 5.32 Å². The minimum atomic E-state index is -4.60. The summed E-state index contributed by atoms with van der Waals surface area (Å²) in [4.78, 5) is 25.3. The van der Waals surface area contributed by atoms with Crippen LogP contribution in [0.25, 0.3) is 0 Å². The summed E-state index contributed by atoms with van der Waals surface area (Å²) >= 11 is 0. The number of hydrogen-bond acceptors (Lipinski definition) is 6. The number of aliphatic hydroxyl groups excluding tert-OH is 1. The van der Waals surface area contributed by atoms with Gasteiger partial charge in [0.1, 0.15) is 13.2 Å². The molecule has 0 aliphatic heterocycles. The molecule has 0 fully saturated rings. The number of quaternary nitrogens is 1. The highest BCUT2D eigenvalue weighted by Gasteiger charge is 2.23. The van der Waals surface area contributed by atoms with Crippen LogP contribution < -0.4 is 10.2 Å². The van der Waals surface area contributed by atoms with Gasteiger partial charge >= 0.3 is 0 Å². The number of unbranched alkanes of at least 4 members (excludes halogenated alkanes) is 15. The van der Waals surface area contributed by atoms with E-state index in [1.54, 1.807) is 6.08 Å². The molecule has 9 heteroatoms. The Labute approximate surface area is 393 Å². The van der Waals surface area contributed by atoms with Gasteiger partial charge in [-0.3, -0.25) is 9.36 Å². The van der Waals surface area contributed by atoms with E-state index in [4.69, 9.17) is 9.05 Å². The highest BCUT2D eigenvalue weighted by molar-refractivity contribution is 7.45. The lowest BCUT2D eigenvalue weighted by Gasteiger charge is -2.29. The van der Waals surface area contributed by atoms with Crippen molar-refractivity contribution in [3.63, 3.8) is 0 Å². The Bertz CT molecular complexity index is 1400. The van der Waals surface area contributed by atoms with Crippen LogP contribution in [0.15, 0.2) is 109 Å². The number of amides is 1. The van der Waals surface area contributed by atoms with E-state index in [1.807, 2.05) is 27.2 Å². The number of rotatable bonds is 44. The van der Waals surface area contributed by atoms with Crippen molar-refractivity contribution in [2.24, 2.45) is 0 Å². The lowest BCUT2D eigenvalue weighted by atomic mass is 10.1. The number of allylic oxidation sites excluding steroid dienone is 17. The quantitative estimate of drug-likeness (QED) is 0.0273. The highest BCUT2D eigenvalue weighted by Crippen LogP contribution is 2.38. The van der Waals surface area contributed by atoms with Crippen LogP contribution in [0.4, 0.5) is 0 Å². The average molecular weight is 911 g/mol. The number of hydrogen-bond donors (Lipinski definition) is 2. The van der Waals surface area contributed by atoms with Gasteiger partial charge in [0.2, 0.25) is 5.91 Å². The topological polar surface area (TPSA) is 108 Å². The summed E-state index contributed by atoms with van der Waals surface area (Å²) in [6, 6.07) is -0.901. The van der Waals surface area contributed by atoms with E-state index in [1.165, 1.54) is 44.9 Å². The number of aliphatic hydroxyl groups is 1. The van der Waals surface area contributed by atoms with Gasteiger partial charge in [-0.2, -0.15) is 0 Å². The largest absolute Gasteiger partial charge is 0.756 e. The Morgan fingerprint density at radius 1 is 0.562 bits per heavy atom. The molecule has 0 radical (unpaired) electrons. The number of nitrogens with zero attached hydrogens (tertiary/aromatic N) is 1. The molecular weight excluding hydrogens is 816 g/mol. The van der Waals surface area contributed by atoms with Crippen LogP contribution in [0, 0.1) is 0 Å². The normalized spacial score (nSPS) is 15.0. The first kappa shape index (κ1) is 61.2. The highest BCUT2D eigenvalue weighted by atomic mass is 31.2. The molecule has 0 aliphatic carbocycles. The van der Waals surface area contributed by atoms with Crippen molar-refractivity contribution in [1.29, 1.82) is 0 Å². The third kappa shape index (κ3) is 47.1. The Kier molecular flexibility index (Phi) is 43.3. The molecule has 2 N–H and O–H groups in total. The van der Waals surface area contributed by atoms with Crippen LogP contribution in [-0.4, -0.2) is 68.5 Å². The maximum atomic E-state index is 12.9. The molecule has 0 bridgehead atoms. The van der Waals surface area contributed by atoms with Gasteiger partial charge in [-0.25, -0.2) is 0 Å². The second-order valence-corrected chi connectivity index (χ2v) is 19.2. The first-order chi connectivity index (χ1) is 31.0. The Hall–Kier alpha value is -2.84. The molecule has 0 saturated heterocycles. The molecule has 0 aliphatic rings. The minimum Gasteiger partial charge on any atom is -0.756 e. The lowest BCUT2D eigenvalue weighted by Crippen LogP contribution is -2.45. The Morgan fingerprint density at radius 3 is 1.39 bits per heavy atom. The van der Waals surface area contributed by atoms with E-state index in [0.29, 0.717) is 17.4 Å². The third-order valence-electron chi connectivity index (χ3n) is 10.5. The molecule has 0 heterocycles. The molecule has 0 aromatic carbocycles. The fraction of sp³-hybridized carbons (Fsp3) is 0.655. The fourth-order valence-corrected chi connectivity index (χ4v) is 7.24. The zero-order valence-corrected chi connectivity index (χ0v) is 42.3. The second-order valence-electron chi connectivity index (χ2n) is 17.8. The predicted molar refractivity (Wildman–Crippen MR) is 274 cm³/mol. The van der Waals surface area contributed by atoms with Crippen molar-refractivity contribution in [2.75, 3.05) is 40.9 Å². The van der Waals surface area contributed by atoms with Crippen LogP contribution in [0.1, 0.15) is 181 Å². The molecule has 0 aromatic heterocycles. The van der Waals surface area contributed by atoms with Gasteiger partial charge in [0, 0.05) is 6.42 Å². The van der Waals surface area contributed by atoms with Gasteiger partial charge in [-0.1, -0.05) is 200 Å². The van der Waals surface area contributed by atoms with Gasteiger partial charge in [0.25, 0.3) is 7.82 Å². The van der Waals surface area contributed by atoms with Crippen molar-refractivity contribution in [2.45, 2.75) is 193 Å². The molecule has 366 valence electrons. The second kappa shape index (κ2) is 45.3.